The summed E-state index contributed by atoms with van der Waals surface area (Å²) in [4.78, 5) is 2.58. The highest BCUT2D eigenvalue weighted by Gasteiger charge is 2.49. The molecule has 9 aromatic carbocycles. The van der Waals surface area contributed by atoms with Gasteiger partial charge in [0.15, 0.2) is 7.28 Å². The number of fused-ring (bicyclic) bond motifs is 11. The zero-order valence-electron chi connectivity index (χ0n) is 38.8. The van der Waals surface area contributed by atoms with Crippen molar-refractivity contribution in [3.8, 4) is 11.1 Å². The molecule has 0 fully saturated rings. The summed E-state index contributed by atoms with van der Waals surface area (Å²) in [5.41, 5.74) is 21.3. The summed E-state index contributed by atoms with van der Waals surface area (Å²) in [5.74, 6) is 0. The predicted octanol–water partition coefficient (Wildman–Crippen LogP) is 15.1. The number of nitrogens with one attached hydrogen (secondary N) is 1. The van der Waals surface area contributed by atoms with Gasteiger partial charge in [-0.15, -0.1) is 0 Å². The minimum atomic E-state index is -0.560. The summed E-state index contributed by atoms with van der Waals surface area (Å²) < 4.78 is 13.9. The van der Waals surface area contributed by atoms with Crippen LogP contribution >= 0.6 is 0 Å². The number of rotatable bonds is 5. The third-order valence-electron chi connectivity index (χ3n) is 16.0. The molecule has 11 aromatic rings. The van der Waals surface area contributed by atoms with Gasteiger partial charge in [0.05, 0.1) is 11.1 Å². The van der Waals surface area contributed by atoms with Gasteiger partial charge in [-0.3, -0.25) is 0 Å². The molecule has 0 bridgehead atoms. The van der Waals surface area contributed by atoms with Crippen LogP contribution in [0.1, 0.15) is 73.9 Å². The van der Waals surface area contributed by atoms with Crippen molar-refractivity contribution in [3.63, 3.8) is 0 Å². The first-order valence-corrected chi connectivity index (χ1v) is 24.2. The number of nitrogens with zero attached hydrogens (tertiary/aromatic N) is 1. The summed E-state index contributed by atoms with van der Waals surface area (Å²) in [6.07, 6.45) is 2.32. The highest BCUT2D eigenvalue weighted by molar-refractivity contribution is 6.74. The lowest BCUT2D eigenvalue weighted by Gasteiger charge is -2.49. The average Bonchev–Trinajstić information content (AvgIpc) is 3.93. The SMILES string of the molecule is CC1(C)CCC(C)(C)c2cc(Nc3cc4c(cc3-c3c5c(cc6c3oc3ccccc36)N3c6ccccc6C(c6ccccc6)(c6ccccc6)c6cccc(c63)B5)oc3ccccc34)ccc21. The summed E-state index contributed by atoms with van der Waals surface area (Å²) >= 11 is 0. The van der Waals surface area contributed by atoms with E-state index in [-0.39, 0.29) is 10.8 Å². The Kier molecular flexibility index (Phi) is 8.19. The zero-order chi connectivity index (χ0) is 45.5. The van der Waals surface area contributed by atoms with Crippen molar-refractivity contribution in [3.05, 3.63) is 221 Å². The van der Waals surface area contributed by atoms with Crippen LogP contribution in [0.4, 0.5) is 28.4 Å². The van der Waals surface area contributed by atoms with Crippen molar-refractivity contribution in [2.45, 2.75) is 56.8 Å². The van der Waals surface area contributed by atoms with Crippen molar-refractivity contribution in [2.75, 3.05) is 10.2 Å². The maximum atomic E-state index is 7.14. The van der Waals surface area contributed by atoms with Crippen LogP contribution in [-0.4, -0.2) is 7.28 Å². The Hall–Kier alpha value is -7.76. The second-order valence-electron chi connectivity index (χ2n) is 20.7. The van der Waals surface area contributed by atoms with E-state index < -0.39 is 5.41 Å². The largest absolute Gasteiger partial charge is 0.456 e. The average molecular weight is 877 g/mol. The highest BCUT2D eigenvalue weighted by Crippen LogP contribution is 2.59. The van der Waals surface area contributed by atoms with Crippen molar-refractivity contribution >= 4 is 90.5 Å². The number of benzene rings is 9. The predicted molar refractivity (Wildman–Crippen MR) is 284 cm³/mol. The van der Waals surface area contributed by atoms with E-state index in [0.29, 0.717) is 7.28 Å². The molecule has 4 heterocycles. The molecule has 2 aliphatic heterocycles. The Morgan fingerprint density at radius 1 is 0.485 bits per heavy atom. The summed E-state index contributed by atoms with van der Waals surface area (Å²) in [6.45, 7) is 9.60. The Morgan fingerprint density at radius 3 is 1.87 bits per heavy atom. The van der Waals surface area contributed by atoms with Crippen LogP contribution in [0.15, 0.2) is 197 Å². The first-order valence-electron chi connectivity index (χ1n) is 24.2. The molecular weight excluding hydrogens is 828 g/mol. The molecule has 0 saturated heterocycles. The van der Waals surface area contributed by atoms with Crippen molar-refractivity contribution in [1.29, 1.82) is 0 Å². The lowest BCUT2D eigenvalue weighted by Crippen LogP contribution is -2.47. The molecule has 1 N–H and O–H groups in total. The van der Waals surface area contributed by atoms with Gasteiger partial charge in [0, 0.05) is 55.4 Å². The maximum absolute atomic E-state index is 7.14. The van der Waals surface area contributed by atoms with E-state index in [2.05, 4.69) is 226 Å². The molecule has 2 aromatic heterocycles. The number of para-hydroxylation sites is 4. The molecular formula is C63H49BN2O2. The molecule has 4 nitrogen and oxygen atoms in total. The Labute approximate surface area is 397 Å². The van der Waals surface area contributed by atoms with Crippen LogP contribution in [0, 0.1) is 0 Å². The van der Waals surface area contributed by atoms with Crippen LogP contribution in [-0.2, 0) is 16.2 Å². The van der Waals surface area contributed by atoms with Crippen LogP contribution in [0.25, 0.3) is 55.0 Å². The van der Waals surface area contributed by atoms with E-state index in [0.717, 1.165) is 78.5 Å². The summed E-state index contributed by atoms with van der Waals surface area (Å²) in [6, 6.07) is 69.3. The van der Waals surface area contributed by atoms with Crippen LogP contribution in [0.5, 0.6) is 0 Å². The van der Waals surface area contributed by atoms with Crippen LogP contribution in [0.2, 0.25) is 0 Å². The molecule has 0 radical (unpaired) electrons. The molecule has 1 aliphatic carbocycles. The molecule has 0 saturated carbocycles. The molecule has 0 spiro atoms. The molecule has 326 valence electrons. The molecule has 68 heavy (non-hydrogen) atoms. The quantitative estimate of drug-likeness (QED) is 0.175. The first-order chi connectivity index (χ1) is 33.2. The van der Waals surface area contributed by atoms with Gasteiger partial charge in [0.2, 0.25) is 0 Å². The minimum Gasteiger partial charge on any atom is -0.456 e. The third-order valence-corrected chi connectivity index (χ3v) is 16.0. The monoisotopic (exact) mass is 876 g/mol. The van der Waals surface area contributed by atoms with Crippen molar-refractivity contribution < 1.29 is 8.83 Å². The van der Waals surface area contributed by atoms with Gasteiger partial charge in [0.25, 0.3) is 0 Å². The van der Waals surface area contributed by atoms with E-state index in [4.69, 9.17) is 8.83 Å². The maximum Gasteiger partial charge on any atom is 0.198 e. The van der Waals surface area contributed by atoms with Crippen molar-refractivity contribution in [1.82, 2.24) is 0 Å². The highest BCUT2D eigenvalue weighted by atomic mass is 16.3. The van der Waals surface area contributed by atoms with Gasteiger partial charge in [-0.1, -0.05) is 173 Å². The standard InChI is InChI=1S/C63H49BN2O2/c1-61(2)32-33-62(3,4)49-34-40(30-31-46(49)61)65-51-35-43-41-22-11-15-28-54(41)67-56(43)37-45(51)57-58-53(36-44-42-23-12-16-29-55(42)68-60(44)57)66-52-27-14-13-24-47(52)63(38-18-7-5-8-19-38,39-20-9-6-10-21-39)48-25-17-26-50(64-58)59(48)66/h5-31,34-37,64-65H,32-33H2,1-4H3. The molecule has 0 amide bonds. The molecule has 0 atom stereocenters. The van der Waals surface area contributed by atoms with Gasteiger partial charge in [-0.05, 0) is 111 Å². The topological polar surface area (TPSA) is 41.6 Å². The molecule has 3 aliphatic rings. The van der Waals surface area contributed by atoms with Gasteiger partial charge in [-0.2, -0.15) is 0 Å². The normalized spacial score (nSPS) is 16.0. The Balaban J connectivity index is 1.07. The molecule has 5 heteroatoms. The fraction of sp³-hybridized carbons (Fsp3) is 0.143. The first kappa shape index (κ1) is 39.4. The number of hydrogen-bond donors (Lipinski definition) is 1. The van der Waals surface area contributed by atoms with E-state index in [1.165, 1.54) is 62.1 Å². The van der Waals surface area contributed by atoms with E-state index in [1.54, 1.807) is 0 Å². The van der Waals surface area contributed by atoms with E-state index in [1.807, 2.05) is 0 Å². The lowest BCUT2D eigenvalue weighted by atomic mass is 9.54. The van der Waals surface area contributed by atoms with Crippen molar-refractivity contribution in [2.24, 2.45) is 0 Å². The van der Waals surface area contributed by atoms with E-state index in [9.17, 15) is 0 Å². The van der Waals surface area contributed by atoms with Crippen LogP contribution < -0.4 is 21.1 Å². The number of anilines is 5. The number of hydrogen-bond acceptors (Lipinski definition) is 4. The van der Waals surface area contributed by atoms with Gasteiger partial charge in [-0.25, -0.2) is 0 Å². The summed E-state index contributed by atoms with van der Waals surface area (Å²) in [5, 5.41) is 8.43. The smallest absolute Gasteiger partial charge is 0.198 e. The van der Waals surface area contributed by atoms with E-state index >= 15 is 0 Å². The minimum absolute atomic E-state index is 0.0601. The fourth-order valence-corrected chi connectivity index (χ4v) is 12.6. The van der Waals surface area contributed by atoms with Gasteiger partial charge >= 0.3 is 0 Å². The van der Waals surface area contributed by atoms with Gasteiger partial charge in [0.1, 0.15) is 22.3 Å². The lowest BCUT2D eigenvalue weighted by molar-refractivity contribution is 0.332. The third kappa shape index (κ3) is 5.44. The fourth-order valence-electron chi connectivity index (χ4n) is 12.6. The van der Waals surface area contributed by atoms with Gasteiger partial charge < -0.3 is 19.1 Å². The summed E-state index contributed by atoms with van der Waals surface area (Å²) in [7, 11) is 0.707. The number of furan rings is 2. The molecule has 14 rings (SSSR count). The second-order valence-corrected chi connectivity index (χ2v) is 20.7. The zero-order valence-corrected chi connectivity index (χ0v) is 38.8. The van der Waals surface area contributed by atoms with Crippen LogP contribution in [0.3, 0.4) is 0 Å². The molecule has 0 unspecified atom stereocenters. The Bertz CT molecular complexity index is 3840. The Morgan fingerprint density at radius 2 is 1.12 bits per heavy atom. The second kappa shape index (κ2) is 14.1.